The molecule has 2 heterocycles. The number of nitrogens with zero attached hydrogens (tertiary/aromatic N) is 2. The number of aromatic carboxylic acids is 1. The Labute approximate surface area is 122 Å². The van der Waals surface area contributed by atoms with Crippen LogP contribution in [0.15, 0.2) is 12.3 Å². The molecule has 118 valence electrons. The molecule has 0 unspecified atom stereocenters. The second kappa shape index (κ2) is 5.86. The first kappa shape index (κ1) is 16.1. The first-order chi connectivity index (χ1) is 10.3. The van der Waals surface area contributed by atoms with Crippen LogP contribution in [0.3, 0.4) is 0 Å². The van der Waals surface area contributed by atoms with E-state index in [-0.39, 0.29) is 23.0 Å². The number of aromatic nitrogens is 2. The van der Waals surface area contributed by atoms with Gasteiger partial charge in [0.15, 0.2) is 11.3 Å². The molecule has 0 aromatic carbocycles. The van der Waals surface area contributed by atoms with Crippen LogP contribution in [-0.4, -0.2) is 21.0 Å². The minimum absolute atomic E-state index is 0.00106. The van der Waals surface area contributed by atoms with Crippen LogP contribution in [0, 0.1) is 5.82 Å². The summed E-state index contributed by atoms with van der Waals surface area (Å²) < 4.78 is 52.6. The molecule has 22 heavy (non-hydrogen) atoms. The SMILES string of the molecule is CCCCc1c(C(=O)O)c(C(F)(F)F)nc2ncc(F)cc12. The fraction of sp³-hybridized carbons (Fsp3) is 0.357. The fourth-order valence-electron chi connectivity index (χ4n) is 2.23. The average molecular weight is 316 g/mol. The summed E-state index contributed by atoms with van der Waals surface area (Å²) >= 11 is 0. The Morgan fingerprint density at radius 3 is 2.59 bits per heavy atom. The van der Waals surface area contributed by atoms with Crippen LogP contribution in [0.5, 0.6) is 0 Å². The number of aryl methyl sites for hydroxylation is 1. The molecule has 0 radical (unpaired) electrons. The molecule has 0 aliphatic carbocycles. The van der Waals surface area contributed by atoms with Crippen LogP contribution in [0.4, 0.5) is 17.6 Å². The normalized spacial score (nSPS) is 11.9. The molecule has 0 aliphatic rings. The second-order valence-corrected chi connectivity index (χ2v) is 4.75. The highest BCUT2D eigenvalue weighted by Gasteiger charge is 2.39. The highest BCUT2D eigenvalue weighted by Crippen LogP contribution is 2.35. The number of rotatable bonds is 4. The molecule has 0 aliphatic heterocycles. The van der Waals surface area contributed by atoms with Crippen molar-refractivity contribution in [2.24, 2.45) is 0 Å². The third-order valence-electron chi connectivity index (χ3n) is 3.18. The quantitative estimate of drug-likeness (QED) is 0.871. The Kier molecular flexibility index (Phi) is 4.30. The van der Waals surface area contributed by atoms with Crippen molar-refractivity contribution >= 4 is 17.0 Å². The summed E-state index contributed by atoms with van der Waals surface area (Å²) in [7, 11) is 0. The van der Waals surface area contributed by atoms with Gasteiger partial charge in [0, 0.05) is 5.39 Å². The molecule has 0 spiro atoms. The zero-order valence-electron chi connectivity index (χ0n) is 11.5. The predicted octanol–water partition coefficient (Wildman–Crippen LogP) is 3.83. The van der Waals surface area contributed by atoms with Gasteiger partial charge in [0.2, 0.25) is 0 Å². The van der Waals surface area contributed by atoms with Gasteiger partial charge in [-0.1, -0.05) is 13.3 Å². The first-order valence-electron chi connectivity index (χ1n) is 6.54. The van der Waals surface area contributed by atoms with Crippen molar-refractivity contribution in [3.63, 3.8) is 0 Å². The van der Waals surface area contributed by atoms with Crippen molar-refractivity contribution in [2.45, 2.75) is 32.4 Å². The van der Waals surface area contributed by atoms with E-state index in [1.165, 1.54) is 0 Å². The van der Waals surface area contributed by atoms with Crippen LogP contribution < -0.4 is 0 Å². The van der Waals surface area contributed by atoms with E-state index in [9.17, 15) is 27.5 Å². The molecule has 1 N–H and O–H groups in total. The van der Waals surface area contributed by atoms with Crippen molar-refractivity contribution < 1.29 is 27.5 Å². The van der Waals surface area contributed by atoms with Gasteiger partial charge >= 0.3 is 12.1 Å². The number of carboxylic acid groups (broad SMARTS) is 1. The van der Waals surface area contributed by atoms with Crippen LogP contribution in [0.2, 0.25) is 0 Å². The Morgan fingerprint density at radius 1 is 1.36 bits per heavy atom. The Hall–Kier alpha value is -2.25. The minimum Gasteiger partial charge on any atom is -0.478 e. The van der Waals surface area contributed by atoms with E-state index in [4.69, 9.17) is 0 Å². The van der Waals surface area contributed by atoms with Gasteiger partial charge in [0.25, 0.3) is 0 Å². The summed E-state index contributed by atoms with van der Waals surface area (Å²) in [6.07, 6.45) is -3.00. The number of fused-ring (bicyclic) bond motifs is 1. The number of unbranched alkanes of at least 4 members (excludes halogenated alkanes) is 1. The van der Waals surface area contributed by atoms with E-state index in [1.807, 2.05) is 6.92 Å². The topological polar surface area (TPSA) is 63.1 Å². The number of halogens is 4. The van der Waals surface area contributed by atoms with Gasteiger partial charge in [-0.3, -0.25) is 0 Å². The smallest absolute Gasteiger partial charge is 0.434 e. The molecule has 0 saturated heterocycles. The molecular formula is C14H12F4N2O2. The second-order valence-electron chi connectivity index (χ2n) is 4.75. The predicted molar refractivity (Wildman–Crippen MR) is 70.1 cm³/mol. The van der Waals surface area contributed by atoms with E-state index in [1.54, 1.807) is 0 Å². The van der Waals surface area contributed by atoms with Crippen molar-refractivity contribution in [2.75, 3.05) is 0 Å². The van der Waals surface area contributed by atoms with Crippen LogP contribution in [-0.2, 0) is 12.6 Å². The molecule has 0 amide bonds. The van der Waals surface area contributed by atoms with Crippen molar-refractivity contribution in [1.29, 1.82) is 0 Å². The van der Waals surface area contributed by atoms with Gasteiger partial charge in [0.1, 0.15) is 5.82 Å². The lowest BCUT2D eigenvalue weighted by Gasteiger charge is -2.15. The summed E-state index contributed by atoms with van der Waals surface area (Å²) in [4.78, 5) is 18.2. The molecule has 4 nitrogen and oxygen atoms in total. The van der Waals surface area contributed by atoms with E-state index >= 15 is 0 Å². The number of hydrogen-bond donors (Lipinski definition) is 1. The molecule has 8 heteroatoms. The monoisotopic (exact) mass is 316 g/mol. The van der Waals surface area contributed by atoms with Crippen LogP contribution in [0.1, 0.15) is 41.4 Å². The molecule has 0 bridgehead atoms. The number of alkyl halides is 3. The van der Waals surface area contributed by atoms with E-state index in [2.05, 4.69) is 9.97 Å². The summed E-state index contributed by atoms with van der Waals surface area (Å²) in [5.74, 6) is -2.50. The average Bonchev–Trinajstić information content (AvgIpc) is 2.42. The third-order valence-corrected chi connectivity index (χ3v) is 3.18. The maximum Gasteiger partial charge on any atom is 0.434 e. The maximum atomic E-state index is 13.3. The molecule has 0 atom stereocenters. The number of hydrogen-bond acceptors (Lipinski definition) is 3. The Bertz CT molecular complexity index is 729. The van der Waals surface area contributed by atoms with Gasteiger partial charge in [-0.2, -0.15) is 13.2 Å². The van der Waals surface area contributed by atoms with E-state index in [0.717, 1.165) is 12.3 Å². The maximum absolute atomic E-state index is 13.3. The minimum atomic E-state index is -4.93. The van der Waals surface area contributed by atoms with Crippen molar-refractivity contribution in [1.82, 2.24) is 9.97 Å². The van der Waals surface area contributed by atoms with Crippen LogP contribution >= 0.6 is 0 Å². The fourth-order valence-corrected chi connectivity index (χ4v) is 2.23. The molecule has 2 rings (SSSR count). The summed E-state index contributed by atoms with van der Waals surface area (Å²) in [6, 6.07) is 0.965. The Morgan fingerprint density at radius 2 is 2.05 bits per heavy atom. The lowest BCUT2D eigenvalue weighted by atomic mass is 9.97. The number of carboxylic acids is 1. The first-order valence-corrected chi connectivity index (χ1v) is 6.54. The van der Waals surface area contributed by atoms with E-state index < -0.39 is 29.2 Å². The van der Waals surface area contributed by atoms with E-state index in [0.29, 0.717) is 12.8 Å². The molecule has 0 fully saturated rings. The van der Waals surface area contributed by atoms with Gasteiger partial charge in [-0.15, -0.1) is 0 Å². The van der Waals surface area contributed by atoms with Crippen molar-refractivity contribution in [3.05, 3.63) is 34.9 Å². The Balaban J connectivity index is 2.88. The number of carbonyl (C=O) groups is 1. The number of pyridine rings is 2. The zero-order valence-corrected chi connectivity index (χ0v) is 11.5. The standard InChI is InChI=1S/C14H12F4N2O2/c1-2-3-4-8-9-5-7(15)6-19-12(9)20-11(14(16,17)18)10(8)13(21)22/h5-6H,2-4H2,1H3,(H,21,22). The van der Waals surface area contributed by atoms with Gasteiger partial charge in [0.05, 0.1) is 11.8 Å². The lowest BCUT2D eigenvalue weighted by Crippen LogP contribution is -2.19. The zero-order chi connectivity index (χ0) is 16.5. The lowest BCUT2D eigenvalue weighted by molar-refractivity contribution is -0.141. The molecular weight excluding hydrogens is 304 g/mol. The summed E-state index contributed by atoms with van der Waals surface area (Å²) in [5.41, 5.74) is -2.83. The third kappa shape index (κ3) is 3.00. The summed E-state index contributed by atoms with van der Waals surface area (Å²) in [5, 5.41) is 9.18. The largest absolute Gasteiger partial charge is 0.478 e. The highest BCUT2D eigenvalue weighted by atomic mass is 19.4. The highest BCUT2D eigenvalue weighted by molar-refractivity contribution is 5.96. The van der Waals surface area contributed by atoms with Gasteiger partial charge in [-0.25, -0.2) is 19.2 Å². The van der Waals surface area contributed by atoms with Gasteiger partial charge in [-0.05, 0) is 24.5 Å². The molecule has 2 aromatic rings. The molecule has 0 saturated carbocycles. The summed E-state index contributed by atoms with van der Waals surface area (Å²) in [6.45, 7) is 1.81. The van der Waals surface area contributed by atoms with Gasteiger partial charge < -0.3 is 5.11 Å². The van der Waals surface area contributed by atoms with Crippen molar-refractivity contribution in [3.8, 4) is 0 Å². The van der Waals surface area contributed by atoms with Crippen LogP contribution in [0.25, 0.3) is 11.0 Å². The molecule has 2 aromatic heterocycles.